The maximum Gasteiger partial charge on any atom is 0.387 e. The second kappa shape index (κ2) is 7.87. The molecule has 1 N–H and O–H groups in total. The number of nitrogens with one attached hydrogen (secondary N) is 1. The van der Waals surface area contributed by atoms with E-state index in [-0.39, 0.29) is 5.75 Å². The molecule has 0 saturated carbocycles. The van der Waals surface area contributed by atoms with Crippen LogP contribution in [0.5, 0.6) is 5.75 Å². The number of nitrogens with zero attached hydrogens (tertiary/aromatic N) is 3. The smallest absolute Gasteiger partial charge is 0.387 e. The summed E-state index contributed by atoms with van der Waals surface area (Å²) in [7, 11) is 1.80. The molecular formula is C15H18F2N4OS. The van der Waals surface area contributed by atoms with Gasteiger partial charge in [-0.1, -0.05) is 12.1 Å². The lowest BCUT2D eigenvalue weighted by molar-refractivity contribution is -0.0493. The fourth-order valence-electron chi connectivity index (χ4n) is 1.96. The van der Waals surface area contributed by atoms with Crippen LogP contribution in [-0.2, 0) is 13.1 Å². The molecular weight excluding hydrogens is 322 g/mol. The highest BCUT2D eigenvalue weighted by Gasteiger charge is 2.12. The lowest BCUT2D eigenvalue weighted by Gasteiger charge is -2.21. The van der Waals surface area contributed by atoms with Gasteiger partial charge in [0.05, 0.1) is 17.9 Å². The average molecular weight is 340 g/mol. The quantitative estimate of drug-likeness (QED) is 0.817. The predicted molar refractivity (Wildman–Crippen MR) is 88.7 cm³/mol. The Kier molecular flexibility index (Phi) is 5.86. The number of benzene rings is 1. The molecule has 0 spiro atoms. The van der Waals surface area contributed by atoms with Crippen LogP contribution in [0.25, 0.3) is 0 Å². The summed E-state index contributed by atoms with van der Waals surface area (Å²) in [6, 6.07) is 8.33. The van der Waals surface area contributed by atoms with E-state index in [4.69, 9.17) is 12.2 Å². The number of hydrogen-bond donors (Lipinski definition) is 1. The molecule has 1 heterocycles. The molecule has 8 heteroatoms. The fourth-order valence-corrected chi connectivity index (χ4v) is 2.13. The number of aryl methyl sites for hydroxylation is 1. The number of thiocarbonyl (C=S) groups is 1. The third-order valence-electron chi connectivity index (χ3n) is 3.11. The number of para-hydroxylation sites is 2. The van der Waals surface area contributed by atoms with E-state index in [1.807, 2.05) is 23.9 Å². The van der Waals surface area contributed by atoms with Gasteiger partial charge in [0, 0.05) is 19.8 Å². The molecule has 0 bridgehead atoms. The molecule has 1 aromatic heterocycles. The van der Waals surface area contributed by atoms with E-state index >= 15 is 0 Å². The SMILES string of the molecule is CCn1ccc(CN(C)C(=S)Nc2ccccc2OC(F)F)n1. The zero-order valence-corrected chi connectivity index (χ0v) is 13.7. The third kappa shape index (κ3) is 4.88. The van der Waals surface area contributed by atoms with E-state index < -0.39 is 6.61 Å². The van der Waals surface area contributed by atoms with Gasteiger partial charge in [-0.25, -0.2) is 0 Å². The Morgan fingerprint density at radius 3 is 2.78 bits per heavy atom. The Labute approximate surface area is 138 Å². The number of ether oxygens (including phenoxy) is 1. The first-order chi connectivity index (χ1) is 11.0. The van der Waals surface area contributed by atoms with Crippen LogP contribution < -0.4 is 10.1 Å². The van der Waals surface area contributed by atoms with Crippen molar-refractivity contribution >= 4 is 23.0 Å². The van der Waals surface area contributed by atoms with Crippen molar-refractivity contribution in [3.05, 3.63) is 42.2 Å². The molecule has 0 saturated heterocycles. The lowest BCUT2D eigenvalue weighted by atomic mass is 10.3. The van der Waals surface area contributed by atoms with Crippen LogP contribution in [-0.4, -0.2) is 33.5 Å². The molecule has 0 fully saturated rings. The van der Waals surface area contributed by atoms with Crippen molar-refractivity contribution in [2.24, 2.45) is 0 Å². The Balaban J connectivity index is 2.00. The molecule has 23 heavy (non-hydrogen) atoms. The summed E-state index contributed by atoms with van der Waals surface area (Å²) in [5.74, 6) is 0.0495. The predicted octanol–water partition coefficient (Wildman–Crippen LogP) is 3.33. The first-order valence-electron chi connectivity index (χ1n) is 7.08. The van der Waals surface area contributed by atoms with Crippen LogP contribution in [0.4, 0.5) is 14.5 Å². The van der Waals surface area contributed by atoms with Crippen molar-refractivity contribution in [2.45, 2.75) is 26.6 Å². The van der Waals surface area contributed by atoms with Crippen molar-refractivity contribution in [3.63, 3.8) is 0 Å². The van der Waals surface area contributed by atoms with E-state index in [9.17, 15) is 8.78 Å². The first-order valence-corrected chi connectivity index (χ1v) is 7.48. The maximum absolute atomic E-state index is 12.4. The summed E-state index contributed by atoms with van der Waals surface area (Å²) >= 11 is 5.30. The number of aromatic nitrogens is 2. The maximum atomic E-state index is 12.4. The minimum Gasteiger partial charge on any atom is -0.433 e. The molecule has 0 atom stereocenters. The molecule has 124 valence electrons. The monoisotopic (exact) mass is 340 g/mol. The van der Waals surface area contributed by atoms with Gasteiger partial charge in [-0.2, -0.15) is 13.9 Å². The highest BCUT2D eigenvalue weighted by molar-refractivity contribution is 7.80. The zero-order valence-electron chi connectivity index (χ0n) is 12.9. The average Bonchev–Trinajstić information content (AvgIpc) is 2.96. The van der Waals surface area contributed by atoms with Crippen molar-refractivity contribution in [1.82, 2.24) is 14.7 Å². The summed E-state index contributed by atoms with van der Waals surface area (Å²) in [4.78, 5) is 1.77. The molecule has 0 aliphatic heterocycles. The van der Waals surface area contributed by atoms with E-state index in [0.717, 1.165) is 12.2 Å². The Morgan fingerprint density at radius 1 is 1.39 bits per heavy atom. The second-order valence-electron chi connectivity index (χ2n) is 4.82. The van der Waals surface area contributed by atoms with E-state index in [1.54, 1.807) is 30.1 Å². The summed E-state index contributed by atoms with van der Waals surface area (Å²) < 4.78 is 31.1. The largest absolute Gasteiger partial charge is 0.433 e. The number of rotatable bonds is 6. The van der Waals surface area contributed by atoms with Crippen molar-refractivity contribution in [3.8, 4) is 5.75 Å². The third-order valence-corrected chi connectivity index (χ3v) is 3.52. The van der Waals surface area contributed by atoms with Crippen LogP contribution in [0.1, 0.15) is 12.6 Å². The number of halogens is 2. The molecule has 2 rings (SSSR count). The Hall–Kier alpha value is -2.22. The van der Waals surface area contributed by atoms with Gasteiger partial charge in [-0.15, -0.1) is 0 Å². The number of hydrogen-bond acceptors (Lipinski definition) is 3. The van der Waals surface area contributed by atoms with E-state index in [1.165, 1.54) is 6.07 Å². The van der Waals surface area contributed by atoms with Gasteiger partial charge in [-0.3, -0.25) is 4.68 Å². The van der Waals surface area contributed by atoms with Gasteiger partial charge in [0.2, 0.25) is 0 Å². The summed E-state index contributed by atoms with van der Waals surface area (Å²) in [5.41, 5.74) is 1.26. The van der Waals surface area contributed by atoms with Gasteiger partial charge >= 0.3 is 6.61 Å². The molecule has 0 unspecified atom stereocenters. The van der Waals surface area contributed by atoms with Gasteiger partial charge in [0.15, 0.2) is 5.11 Å². The molecule has 1 aromatic carbocycles. The number of alkyl halides is 2. The lowest BCUT2D eigenvalue weighted by Crippen LogP contribution is -2.31. The molecule has 0 radical (unpaired) electrons. The van der Waals surface area contributed by atoms with Crippen molar-refractivity contribution in [2.75, 3.05) is 12.4 Å². The van der Waals surface area contributed by atoms with Crippen LogP contribution in [0.2, 0.25) is 0 Å². The highest BCUT2D eigenvalue weighted by atomic mass is 32.1. The zero-order chi connectivity index (χ0) is 16.8. The van der Waals surface area contributed by atoms with Crippen LogP contribution in [0.3, 0.4) is 0 Å². The summed E-state index contributed by atoms with van der Waals surface area (Å²) in [6.07, 6.45) is 1.89. The van der Waals surface area contributed by atoms with Crippen LogP contribution in [0.15, 0.2) is 36.5 Å². The Morgan fingerprint density at radius 2 is 2.13 bits per heavy atom. The number of anilines is 1. The molecule has 0 amide bonds. The summed E-state index contributed by atoms with van der Waals surface area (Å²) in [6.45, 7) is 0.427. The summed E-state index contributed by atoms with van der Waals surface area (Å²) in [5, 5.41) is 7.69. The Bertz CT molecular complexity index is 662. The van der Waals surface area contributed by atoms with Crippen molar-refractivity contribution in [1.29, 1.82) is 0 Å². The molecule has 5 nitrogen and oxygen atoms in total. The molecule has 0 aliphatic carbocycles. The van der Waals surface area contributed by atoms with Gasteiger partial charge in [0.1, 0.15) is 5.75 Å². The normalized spacial score (nSPS) is 10.7. The van der Waals surface area contributed by atoms with Gasteiger partial charge in [0.25, 0.3) is 0 Å². The van der Waals surface area contributed by atoms with Crippen LogP contribution in [0, 0.1) is 0 Å². The molecule has 0 aliphatic rings. The highest BCUT2D eigenvalue weighted by Crippen LogP contribution is 2.25. The minimum absolute atomic E-state index is 0.0495. The first kappa shape index (κ1) is 17.1. The van der Waals surface area contributed by atoms with Gasteiger partial charge < -0.3 is 15.0 Å². The van der Waals surface area contributed by atoms with Crippen LogP contribution >= 0.6 is 12.2 Å². The standard InChI is InChI=1S/C15H18F2N4OS/c1-3-21-9-8-11(19-21)10-20(2)15(23)18-12-6-4-5-7-13(12)22-14(16)17/h4-9,14H,3,10H2,1-2H3,(H,18,23). The minimum atomic E-state index is -2.89. The van der Waals surface area contributed by atoms with E-state index in [2.05, 4.69) is 15.2 Å². The second-order valence-corrected chi connectivity index (χ2v) is 5.21. The molecule has 2 aromatic rings. The van der Waals surface area contributed by atoms with E-state index in [0.29, 0.717) is 17.3 Å². The van der Waals surface area contributed by atoms with Crippen molar-refractivity contribution < 1.29 is 13.5 Å². The topological polar surface area (TPSA) is 42.3 Å². The van der Waals surface area contributed by atoms with Gasteiger partial charge in [-0.05, 0) is 37.3 Å². The fraction of sp³-hybridized carbons (Fsp3) is 0.333.